The van der Waals surface area contributed by atoms with E-state index in [1.54, 1.807) is 0 Å². The Bertz CT molecular complexity index is 1700. The van der Waals surface area contributed by atoms with E-state index in [4.69, 9.17) is 0 Å². The van der Waals surface area contributed by atoms with Crippen LogP contribution >= 0.6 is 0 Å². The van der Waals surface area contributed by atoms with Crippen LogP contribution in [0, 0.1) is 23.7 Å². The van der Waals surface area contributed by atoms with Crippen molar-refractivity contribution in [3.63, 3.8) is 0 Å². The fourth-order valence-corrected chi connectivity index (χ4v) is 11.1. The second kappa shape index (κ2) is 14.8. The van der Waals surface area contributed by atoms with Gasteiger partial charge in [-0.2, -0.15) is 0 Å². The van der Waals surface area contributed by atoms with Crippen molar-refractivity contribution >= 4 is 28.9 Å². The van der Waals surface area contributed by atoms with Gasteiger partial charge in [0, 0.05) is 30.6 Å². The Hall–Kier alpha value is -3.55. The topological polar surface area (TPSA) is 107 Å². The molecule has 2 aromatic carbocycles. The molecule has 0 amide bonds. The van der Waals surface area contributed by atoms with Crippen molar-refractivity contribution in [1.82, 2.24) is 10.2 Å². The molecule has 4 bridgehead atoms. The number of piperidine rings is 2. The largest absolute Gasteiger partial charge is 0.478 e. The number of carboxylic acids is 2. The van der Waals surface area contributed by atoms with Gasteiger partial charge < -0.3 is 20.4 Å². The van der Waals surface area contributed by atoms with Crippen LogP contribution in [0.4, 0.5) is 0 Å². The number of aliphatic carboxylic acids is 2. The zero-order chi connectivity index (χ0) is 33.8. The summed E-state index contributed by atoms with van der Waals surface area (Å²) in [6.45, 7) is 4.15. The molecule has 2 aromatic rings. The quantitative estimate of drug-likeness (QED) is 0.296. The van der Waals surface area contributed by atoms with E-state index >= 15 is 0 Å². The van der Waals surface area contributed by atoms with Crippen LogP contribution in [0.25, 0.3) is 11.1 Å². The number of hydrogen-bond donors (Lipinski definition) is 3. The number of carbonyl (C=O) groups excluding carboxylic acids is 1. The highest BCUT2D eigenvalue weighted by molar-refractivity contribution is 6.18. The van der Waals surface area contributed by atoms with Crippen LogP contribution in [-0.4, -0.2) is 65.1 Å². The van der Waals surface area contributed by atoms with Crippen molar-refractivity contribution in [2.24, 2.45) is 23.7 Å². The lowest BCUT2D eigenvalue weighted by Gasteiger charge is -2.44. The Balaban J connectivity index is 0.000000163. The van der Waals surface area contributed by atoms with Gasteiger partial charge in [0.2, 0.25) is 0 Å². The van der Waals surface area contributed by atoms with Gasteiger partial charge in [0.1, 0.15) is 5.78 Å². The summed E-state index contributed by atoms with van der Waals surface area (Å²) in [5, 5.41) is 22.2. The van der Waals surface area contributed by atoms with Crippen LogP contribution < -0.4 is 5.32 Å². The van der Waals surface area contributed by atoms with Crippen molar-refractivity contribution in [2.45, 2.75) is 109 Å². The summed E-state index contributed by atoms with van der Waals surface area (Å²) in [7, 11) is 0. The Morgan fingerprint density at radius 2 is 1.25 bits per heavy atom. The van der Waals surface area contributed by atoms with Gasteiger partial charge >= 0.3 is 11.9 Å². The maximum Gasteiger partial charge on any atom is 0.336 e. The first-order valence-corrected chi connectivity index (χ1v) is 18.8. The van der Waals surface area contributed by atoms with Gasteiger partial charge in [-0.3, -0.25) is 4.79 Å². The molecule has 5 atom stereocenters. The summed E-state index contributed by atoms with van der Waals surface area (Å²) in [6.07, 6.45) is 18.6. The zero-order valence-electron chi connectivity index (χ0n) is 28.5. The number of ketones is 1. The van der Waals surface area contributed by atoms with Crippen LogP contribution in [0.15, 0.2) is 60.7 Å². The minimum Gasteiger partial charge on any atom is -0.478 e. The van der Waals surface area contributed by atoms with Gasteiger partial charge in [-0.05, 0) is 130 Å². The molecule has 8 aliphatic rings. The highest BCUT2D eigenvalue weighted by Gasteiger charge is 2.47. The number of allylic oxidation sites excluding steroid dienone is 2. The van der Waals surface area contributed by atoms with Crippen molar-refractivity contribution < 1.29 is 26.0 Å². The van der Waals surface area contributed by atoms with Crippen LogP contribution in [0.5, 0.6) is 0 Å². The molecule has 7 heteroatoms. The molecule has 2 aliphatic heterocycles. The molecule has 2 spiro atoms. The predicted octanol–water partition coefficient (Wildman–Crippen LogP) is 8.37. The second-order valence-electron chi connectivity index (χ2n) is 16.2. The van der Waals surface area contributed by atoms with Crippen molar-refractivity contribution in [2.75, 3.05) is 26.2 Å². The van der Waals surface area contributed by atoms with Gasteiger partial charge in [-0.1, -0.05) is 82.0 Å². The standard InChI is InChI=1S/C21H25NO2.C14H15NO2.C7H10O.2CH4.H2/c23-20(24)17-13-21(18-4-2-1-3-16(17)18)7-9-22(10-8-21)19-12-14-5-6-15(19)11-14;16-13(17)11-9-14(5-7-15-8-6-14)12-4-2-1-3-10(11)12;8-7-4-5-1-2-6(7)3-5;;;/h1-4,13-15,19H,5-12H2,(H,23,24);1-4,9,15H,5-8H2,(H,16,17);5-6H,1-4H2;2*1H4;1H/t;;5-,6+;;;/m..0.../s1/i;;;;;1+1. The molecule has 10 rings (SSSR count). The molecule has 3 N–H and O–H groups in total. The van der Waals surface area contributed by atoms with Gasteiger partial charge in [0.25, 0.3) is 0 Å². The number of carbonyl (C=O) groups is 3. The zero-order valence-corrected chi connectivity index (χ0v) is 28.5. The summed E-state index contributed by atoms with van der Waals surface area (Å²) < 4.78 is 0. The first-order chi connectivity index (χ1) is 23.8. The maximum absolute atomic E-state index is 11.7. The Kier molecular flexibility index (Phi) is 10.8. The molecule has 4 saturated carbocycles. The smallest absolute Gasteiger partial charge is 0.336 e. The maximum atomic E-state index is 11.7. The number of fused-ring (bicyclic) bond motifs is 8. The lowest BCUT2D eigenvalue weighted by Crippen LogP contribution is -2.47. The van der Waals surface area contributed by atoms with Crippen molar-refractivity contribution in [1.29, 1.82) is 0 Å². The van der Waals surface area contributed by atoms with Crippen LogP contribution in [-0.2, 0) is 25.2 Å². The van der Waals surface area contributed by atoms with Crippen LogP contribution in [0.3, 0.4) is 0 Å². The Morgan fingerprint density at radius 3 is 1.69 bits per heavy atom. The SMILES string of the molecule is C.C.O=C(O)C1=CC2(CCN(C3CC4CCC3C4)CC2)c2ccccc21.O=C(O)C1=CC2(CCNCC2)c2ccccc21.O=C1C[C@H]2CC[C@@H]1C2.[2HH]. The number of benzene rings is 2. The van der Waals surface area contributed by atoms with E-state index in [1.165, 1.54) is 56.1 Å². The van der Waals surface area contributed by atoms with Crippen LogP contribution in [0.1, 0.15) is 116 Å². The molecule has 6 fully saturated rings. The number of hydrogen-bond acceptors (Lipinski definition) is 5. The van der Waals surface area contributed by atoms with E-state index in [0.717, 1.165) is 93.2 Å². The first-order valence-electron chi connectivity index (χ1n) is 18.8. The summed E-state index contributed by atoms with van der Waals surface area (Å²) in [5.74, 6) is 2.17. The number of nitrogens with zero attached hydrogens (tertiary/aromatic N) is 1. The van der Waals surface area contributed by atoms with E-state index in [1.807, 2.05) is 36.4 Å². The third-order valence-corrected chi connectivity index (χ3v) is 13.7. The molecule has 7 nitrogen and oxygen atoms in total. The monoisotopic (exact) mass is 697 g/mol. The molecule has 51 heavy (non-hydrogen) atoms. The molecule has 2 saturated heterocycles. The van der Waals surface area contributed by atoms with E-state index in [2.05, 4.69) is 34.5 Å². The fourth-order valence-electron chi connectivity index (χ4n) is 11.1. The molecular weight excluding hydrogens is 636 g/mol. The first kappa shape index (κ1) is 37.2. The number of nitrogens with one attached hydrogen (secondary N) is 1. The number of rotatable bonds is 3. The average molecular weight is 698 g/mol. The van der Waals surface area contributed by atoms with Gasteiger partial charge in [-0.15, -0.1) is 0 Å². The minimum absolute atomic E-state index is 0. The predicted molar refractivity (Wildman–Crippen MR) is 206 cm³/mol. The highest BCUT2D eigenvalue weighted by Crippen LogP contribution is 2.51. The van der Waals surface area contributed by atoms with Crippen molar-refractivity contribution in [3.8, 4) is 0 Å². The molecule has 0 aromatic heterocycles. The third-order valence-electron chi connectivity index (χ3n) is 13.7. The van der Waals surface area contributed by atoms with Gasteiger partial charge in [0.15, 0.2) is 0 Å². The summed E-state index contributed by atoms with van der Waals surface area (Å²) in [6, 6.07) is 16.9. The van der Waals surface area contributed by atoms with Crippen LogP contribution in [0.2, 0.25) is 0 Å². The Morgan fingerprint density at radius 1 is 0.706 bits per heavy atom. The molecule has 0 radical (unpaired) electrons. The molecular formula is C44H60N2O5. The number of Topliss-reactive ketones (excluding diaryl/α,β-unsaturated/α-hetero) is 1. The van der Waals surface area contributed by atoms with E-state index in [-0.39, 0.29) is 27.1 Å². The van der Waals surface area contributed by atoms with E-state index in [0.29, 0.717) is 22.8 Å². The lowest BCUT2D eigenvalue weighted by atomic mass is 9.74. The fraction of sp³-hybridized carbons (Fsp3) is 0.568. The van der Waals surface area contributed by atoms with Crippen molar-refractivity contribution in [3.05, 3.63) is 82.9 Å². The van der Waals surface area contributed by atoms with Gasteiger partial charge in [-0.25, -0.2) is 9.59 Å². The highest BCUT2D eigenvalue weighted by atomic mass is 16.4. The minimum atomic E-state index is -0.812. The molecule has 276 valence electrons. The second-order valence-corrected chi connectivity index (χ2v) is 16.2. The van der Waals surface area contributed by atoms with E-state index in [9.17, 15) is 24.6 Å². The van der Waals surface area contributed by atoms with Gasteiger partial charge in [0.05, 0.1) is 11.1 Å². The summed E-state index contributed by atoms with van der Waals surface area (Å²) in [4.78, 5) is 36.5. The third kappa shape index (κ3) is 6.77. The summed E-state index contributed by atoms with van der Waals surface area (Å²) >= 11 is 0. The molecule has 3 unspecified atom stereocenters. The number of likely N-dealkylation sites (tertiary alicyclic amines) is 1. The van der Waals surface area contributed by atoms with E-state index < -0.39 is 11.9 Å². The molecule has 2 heterocycles. The molecule has 6 aliphatic carbocycles. The summed E-state index contributed by atoms with van der Waals surface area (Å²) in [5.41, 5.74) is 5.18. The Labute approximate surface area is 306 Å². The lowest BCUT2D eigenvalue weighted by molar-refractivity contribution is -0.131. The normalized spacial score (nSPS) is 29.7. The average Bonchev–Trinajstić information content (AvgIpc) is 3.99. The number of carboxylic acid groups (broad SMARTS) is 2.